The third-order valence-corrected chi connectivity index (χ3v) is 7.91. The Morgan fingerprint density at radius 2 is 1.86 bits per heavy atom. The van der Waals surface area contributed by atoms with Crippen molar-refractivity contribution in [3.63, 3.8) is 0 Å². The highest BCUT2D eigenvalue weighted by Crippen LogP contribution is 2.38. The molecule has 1 aromatic carbocycles. The molecule has 1 aromatic heterocycles. The number of nitrogens with one attached hydrogen (secondary N) is 1. The zero-order chi connectivity index (χ0) is 24.5. The van der Waals surface area contributed by atoms with Crippen LogP contribution in [-0.4, -0.2) is 63.0 Å². The second kappa shape index (κ2) is 9.84. The van der Waals surface area contributed by atoms with E-state index in [0.29, 0.717) is 44.7 Å². The molecule has 8 nitrogen and oxygen atoms in total. The highest BCUT2D eigenvalue weighted by atomic mass is 16.2. The topological polar surface area (TPSA) is 87.5 Å². The molecule has 0 radical (unpaired) electrons. The Hall–Kier alpha value is -3.16. The number of carbonyl (C=O) groups excluding carboxylic acids is 3. The summed E-state index contributed by atoms with van der Waals surface area (Å²) < 4.78 is 1.62. The van der Waals surface area contributed by atoms with Crippen LogP contribution in [0.25, 0.3) is 0 Å². The molecule has 2 aliphatic heterocycles. The van der Waals surface area contributed by atoms with E-state index in [-0.39, 0.29) is 35.6 Å². The van der Waals surface area contributed by atoms with Crippen LogP contribution in [0.1, 0.15) is 59.4 Å². The summed E-state index contributed by atoms with van der Waals surface area (Å²) in [6.07, 6.45) is 4.59. The molecule has 8 heteroatoms. The molecule has 1 N–H and O–H groups in total. The number of hydrogen-bond acceptors (Lipinski definition) is 4. The van der Waals surface area contributed by atoms with E-state index in [1.807, 2.05) is 28.9 Å². The van der Waals surface area contributed by atoms with Crippen LogP contribution in [0.3, 0.4) is 0 Å². The number of fused-ring (bicyclic) bond motifs is 2. The van der Waals surface area contributed by atoms with Gasteiger partial charge in [0, 0.05) is 45.2 Å². The summed E-state index contributed by atoms with van der Waals surface area (Å²) >= 11 is 0. The first-order valence-corrected chi connectivity index (χ1v) is 12.9. The monoisotopic (exact) mass is 477 g/mol. The maximum absolute atomic E-state index is 13.7. The first-order chi connectivity index (χ1) is 16.9. The molecule has 2 aromatic rings. The van der Waals surface area contributed by atoms with E-state index >= 15 is 0 Å². The first kappa shape index (κ1) is 23.6. The highest BCUT2D eigenvalue weighted by Gasteiger charge is 2.47. The van der Waals surface area contributed by atoms with Gasteiger partial charge in [0.2, 0.25) is 11.8 Å². The Bertz CT molecular complexity index is 1130. The SMILES string of the molecule is Cc1cc(C(=O)N2CCCCCNC(=O)C3CC(C(=O)N4CCc5ccccc5C4)CC32)n(C)n1. The minimum Gasteiger partial charge on any atom is -0.356 e. The van der Waals surface area contributed by atoms with E-state index in [4.69, 9.17) is 0 Å². The number of rotatable bonds is 2. The van der Waals surface area contributed by atoms with Gasteiger partial charge in [-0.1, -0.05) is 24.3 Å². The van der Waals surface area contributed by atoms with Gasteiger partial charge in [0.25, 0.3) is 5.91 Å². The molecule has 5 rings (SSSR count). The van der Waals surface area contributed by atoms with E-state index < -0.39 is 0 Å². The summed E-state index contributed by atoms with van der Waals surface area (Å²) in [5, 5.41) is 7.43. The minimum atomic E-state index is -0.377. The van der Waals surface area contributed by atoms with Crippen LogP contribution in [0.2, 0.25) is 0 Å². The summed E-state index contributed by atoms with van der Waals surface area (Å²) in [6, 6.07) is 9.80. The molecular weight excluding hydrogens is 442 g/mol. The lowest BCUT2D eigenvalue weighted by molar-refractivity contribution is -0.136. The van der Waals surface area contributed by atoms with E-state index in [0.717, 1.165) is 31.4 Å². The van der Waals surface area contributed by atoms with Crippen molar-refractivity contribution in [1.29, 1.82) is 0 Å². The lowest BCUT2D eigenvalue weighted by Gasteiger charge is -2.34. The smallest absolute Gasteiger partial charge is 0.272 e. The molecule has 1 saturated heterocycles. The summed E-state index contributed by atoms with van der Waals surface area (Å²) in [4.78, 5) is 44.4. The third kappa shape index (κ3) is 4.70. The second-order valence-corrected chi connectivity index (χ2v) is 10.3. The van der Waals surface area contributed by atoms with Crippen molar-refractivity contribution in [2.24, 2.45) is 18.9 Å². The number of nitrogens with zero attached hydrogens (tertiary/aromatic N) is 4. The van der Waals surface area contributed by atoms with Crippen molar-refractivity contribution in [3.05, 3.63) is 52.8 Å². The van der Waals surface area contributed by atoms with E-state index in [9.17, 15) is 14.4 Å². The van der Waals surface area contributed by atoms with Crippen molar-refractivity contribution in [3.8, 4) is 0 Å². The molecule has 2 fully saturated rings. The molecule has 0 bridgehead atoms. The Morgan fingerprint density at radius 1 is 1.06 bits per heavy atom. The van der Waals surface area contributed by atoms with Crippen molar-refractivity contribution in [2.45, 2.75) is 58.0 Å². The normalized spacial score (nSPS) is 25.0. The van der Waals surface area contributed by atoms with Crippen LogP contribution < -0.4 is 5.32 Å². The number of carbonyl (C=O) groups is 3. The average Bonchev–Trinajstić information content (AvgIpc) is 3.45. The van der Waals surface area contributed by atoms with Crippen molar-refractivity contribution < 1.29 is 14.4 Å². The van der Waals surface area contributed by atoms with Gasteiger partial charge in [0.15, 0.2) is 0 Å². The molecule has 3 atom stereocenters. The average molecular weight is 478 g/mol. The Morgan fingerprint density at radius 3 is 2.63 bits per heavy atom. The van der Waals surface area contributed by atoms with Crippen LogP contribution >= 0.6 is 0 Å². The summed E-state index contributed by atoms with van der Waals surface area (Å²) in [5.41, 5.74) is 3.82. The lowest BCUT2D eigenvalue weighted by atomic mass is 9.97. The minimum absolute atomic E-state index is 0.0322. The van der Waals surface area contributed by atoms with Gasteiger partial charge in [0.1, 0.15) is 5.69 Å². The summed E-state index contributed by atoms with van der Waals surface area (Å²) in [5.74, 6) is -0.659. The fourth-order valence-electron chi connectivity index (χ4n) is 6.09. The molecule has 1 saturated carbocycles. The van der Waals surface area contributed by atoms with Gasteiger partial charge in [-0.15, -0.1) is 0 Å². The molecule has 35 heavy (non-hydrogen) atoms. The van der Waals surface area contributed by atoms with E-state index in [1.54, 1.807) is 17.8 Å². The fraction of sp³-hybridized carbons (Fsp3) is 0.556. The summed E-state index contributed by atoms with van der Waals surface area (Å²) in [6.45, 7) is 4.43. The van der Waals surface area contributed by atoms with Gasteiger partial charge < -0.3 is 15.1 Å². The third-order valence-electron chi connectivity index (χ3n) is 7.91. The second-order valence-electron chi connectivity index (χ2n) is 10.3. The van der Waals surface area contributed by atoms with Crippen molar-refractivity contribution >= 4 is 17.7 Å². The van der Waals surface area contributed by atoms with Crippen LogP contribution in [0, 0.1) is 18.8 Å². The quantitative estimate of drug-likeness (QED) is 0.720. The number of amides is 3. The molecule has 3 amide bonds. The number of aryl methyl sites for hydroxylation is 2. The maximum atomic E-state index is 13.7. The predicted octanol–water partition coefficient (Wildman–Crippen LogP) is 2.45. The maximum Gasteiger partial charge on any atom is 0.272 e. The van der Waals surface area contributed by atoms with Gasteiger partial charge in [0.05, 0.1) is 11.6 Å². The number of benzene rings is 1. The Balaban J connectivity index is 1.40. The molecule has 1 aliphatic carbocycles. The van der Waals surface area contributed by atoms with Crippen LogP contribution in [0.4, 0.5) is 0 Å². The van der Waals surface area contributed by atoms with Gasteiger partial charge in [-0.2, -0.15) is 5.10 Å². The Labute approximate surface area is 206 Å². The Kier molecular flexibility index (Phi) is 6.62. The highest BCUT2D eigenvalue weighted by molar-refractivity contribution is 5.94. The van der Waals surface area contributed by atoms with Gasteiger partial charge in [-0.3, -0.25) is 19.1 Å². The lowest BCUT2D eigenvalue weighted by Crippen LogP contribution is -2.48. The fourth-order valence-corrected chi connectivity index (χ4v) is 6.09. The van der Waals surface area contributed by atoms with Gasteiger partial charge in [-0.25, -0.2) is 0 Å². The zero-order valence-corrected chi connectivity index (χ0v) is 20.7. The number of hydrogen-bond donors (Lipinski definition) is 1. The van der Waals surface area contributed by atoms with Crippen molar-refractivity contribution in [2.75, 3.05) is 19.6 Å². The zero-order valence-electron chi connectivity index (χ0n) is 20.7. The van der Waals surface area contributed by atoms with Crippen LogP contribution in [0.5, 0.6) is 0 Å². The molecule has 3 unspecified atom stereocenters. The van der Waals surface area contributed by atoms with Gasteiger partial charge in [-0.05, 0) is 62.6 Å². The largest absolute Gasteiger partial charge is 0.356 e. The molecule has 3 aliphatic rings. The molecule has 3 heterocycles. The molecule has 186 valence electrons. The summed E-state index contributed by atoms with van der Waals surface area (Å²) in [7, 11) is 1.78. The van der Waals surface area contributed by atoms with Crippen LogP contribution in [0.15, 0.2) is 30.3 Å². The molecule has 0 spiro atoms. The molecular formula is C27H35N5O3. The van der Waals surface area contributed by atoms with Crippen LogP contribution in [-0.2, 0) is 29.6 Å². The van der Waals surface area contributed by atoms with E-state index in [2.05, 4.69) is 22.5 Å². The van der Waals surface area contributed by atoms with Gasteiger partial charge >= 0.3 is 0 Å². The van der Waals surface area contributed by atoms with E-state index in [1.165, 1.54) is 11.1 Å². The predicted molar refractivity (Wildman–Crippen MR) is 131 cm³/mol. The first-order valence-electron chi connectivity index (χ1n) is 12.9. The number of aromatic nitrogens is 2. The van der Waals surface area contributed by atoms with Crippen molar-refractivity contribution in [1.82, 2.24) is 24.9 Å². The standard InChI is InChI=1S/C27H35N5O3/c1-18-14-24(30(2)29-18)27(35)32-12-7-3-6-11-28-25(33)22-15-21(16-23(22)32)26(34)31-13-10-19-8-4-5-9-20(19)17-31/h4-5,8-9,14,21-23H,3,6-7,10-13,15-17H2,1-2H3,(H,28,33).